The Labute approximate surface area is 179 Å². The molecule has 0 aliphatic heterocycles. The van der Waals surface area contributed by atoms with Gasteiger partial charge in [0.25, 0.3) is 0 Å². The summed E-state index contributed by atoms with van der Waals surface area (Å²) >= 11 is 0. The summed E-state index contributed by atoms with van der Waals surface area (Å²) in [5.41, 5.74) is 4.89. The van der Waals surface area contributed by atoms with Crippen LogP contribution < -0.4 is 0 Å². The third kappa shape index (κ3) is 4.85. The zero-order valence-corrected chi connectivity index (χ0v) is 18.5. The highest BCUT2D eigenvalue weighted by molar-refractivity contribution is 5.79. The van der Waals surface area contributed by atoms with Crippen molar-refractivity contribution in [3.05, 3.63) is 59.7 Å². The topological polar surface area (TPSA) is 48.0 Å². The van der Waals surface area contributed by atoms with Crippen molar-refractivity contribution in [3.63, 3.8) is 0 Å². The minimum atomic E-state index is -0.694. The summed E-state index contributed by atoms with van der Waals surface area (Å²) < 4.78 is 17.3. The molecule has 0 aromatic heterocycles. The first-order valence-electron chi connectivity index (χ1n) is 10.9. The molecule has 0 unspecified atom stereocenters. The highest BCUT2D eigenvalue weighted by Gasteiger charge is 2.30. The normalized spacial score (nSPS) is 13.1. The third-order valence-electron chi connectivity index (χ3n) is 5.71. The van der Waals surface area contributed by atoms with Crippen LogP contribution in [0.2, 0.25) is 0 Å². The molecule has 162 valence electrons. The van der Waals surface area contributed by atoms with Crippen LogP contribution in [0, 0.1) is 0 Å². The highest BCUT2D eigenvalue weighted by Crippen LogP contribution is 2.44. The van der Waals surface area contributed by atoms with Gasteiger partial charge < -0.3 is 19.1 Å². The predicted octanol–water partition coefficient (Wildman–Crippen LogP) is 5.44. The van der Waals surface area contributed by atoms with Gasteiger partial charge in [0.2, 0.25) is 0 Å². The van der Waals surface area contributed by atoms with Gasteiger partial charge in [-0.15, -0.1) is 0 Å². The fourth-order valence-electron chi connectivity index (χ4n) is 4.20. The summed E-state index contributed by atoms with van der Waals surface area (Å²) in [6.07, 6.45) is 0.293. The number of ether oxygens (including phenoxy) is 3. The summed E-state index contributed by atoms with van der Waals surface area (Å²) in [6.45, 7) is 10.3. The van der Waals surface area contributed by atoms with Gasteiger partial charge in [0.1, 0.15) is 6.61 Å². The van der Waals surface area contributed by atoms with E-state index in [-0.39, 0.29) is 12.0 Å². The molecule has 0 heterocycles. The molecular weight excluding hydrogens is 378 g/mol. The Bertz CT molecular complexity index is 799. The van der Waals surface area contributed by atoms with Crippen LogP contribution in [0.1, 0.15) is 51.2 Å². The molecule has 1 aliphatic carbocycles. The van der Waals surface area contributed by atoms with E-state index in [2.05, 4.69) is 36.4 Å². The zero-order chi connectivity index (χ0) is 21.6. The van der Waals surface area contributed by atoms with E-state index in [1.54, 1.807) is 4.90 Å². The maximum atomic E-state index is 12.8. The van der Waals surface area contributed by atoms with Crippen LogP contribution in [0.25, 0.3) is 11.1 Å². The van der Waals surface area contributed by atoms with Gasteiger partial charge in [0, 0.05) is 38.6 Å². The van der Waals surface area contributed by atoms with Crippen LogP contribution in [0.15, 0.2) is 48.5 Å². The van der Waals surface area contributed by atoms with Crippen LogP contribution in [0.5, 0.6) is 0 Å². The molecule has 0 radical (unpaired) electrons. The van der Waals surface area contributed by atoms with Gasteiger partial charge in [-0.25, -0.2) is 4.79 Å². The average Bonchev–Trinajstić information content (AvgIpc) is 3.07. The number of fused-ring (bicyclic) bond motifs is 3. The van der Waals surface area contributed by atoms with Crippen molar-refractivity contribution in [3.8, 4) is 11.1 Å². The first-order chi connectivity index (χ1) is 14.5. The lowest BCUT2D eigenvalue weighted by Crippen LogP contribution is -2.40. The quantitative estimate of drug-likeness (QED) is 0.489. The summed E-state index contributed by atoms with van der Waals surface area (Å²) in [7, 11) is 0. The van der Waals surface area contributed by atoms with E-state index in [1.807, 2.05) is 39.8 Å². The summed E-state index contributed by atoms with van der Waals surface area (Å²) in [6, 6.07) is 16.7. The van der Waals surface area contributed by atoms with Crippen LogP contribution in [0.4, 0.5) is 4.79 Å². The van der Waals surface area contributed by atoms with E-state index in [9.17, 15) is 4.79 Å². The molecule has 1 aliphatic rings. The summed E-state index contributed by atoms with van der Waals surface area (Å²) in [5.74, 6) is -0.627. The second-order valence-electron chi connectivity index (χ2n) is 7.63. The maximum Gasteiger partial charge on any atom is 0.409 e. The van der Waals surface area contributed by atoms with E-state index >= 15 is 0 Å². The van der Waals surface area contributed by atoms with E-state index in [0.29, 0.717) is 39.3 Å². The molecule has 1 amide bonds. The molecule has 0 saturated heterocycles. The maximum absolute atomic E-state index is 12.8. The Morgan fingerprint density at radius 3 is 1.97 bits per heavy atom. The number of carbonyl (C=O) groups is 1. The smallest absolute Gasteiger partial charge is 0.409 e. The Morgan fingerprint density at radius 2 is 1.47 bits per heavy atom. The lowest BCUT2D eigenvalue weighted by atomic mass is 9.98. The molecule has 5 nitrogen and oxygen atoms in total. The minimum absolute atomic E-state index is 0.0668. The molecule has 0 bridgehead atoms. The number of carbonyl (C=O) groups excluding carboxylic acids is 1. The van der Waals surface area contributed by atoms with Gasteiger partial charge in [0.15, 0.2) is 5.79 Å². The fourth-order valence-corrected chi connectivity index (χ4v) is 4.20. The Morgan fingerprint density at radius 1 is 0.933 bits per heavy atom. The second kappa shape index (κ2) is 10.1. The number of benzene rings is 2. The van der Waals surface area contributed by atoms with Crippen molar-refractivity contribution in [2.75, 3.05) is 32.9 Å². The Balaban J connectivity index is 1.64. The predicted molar refractivity (Wildman–Crippen MR) is 119 cm³/mol. The lowest BCUT2D eigenvalue weighted by molar-refractivity contribution is -0.225. The molecule has 5 heteroatoms. The van der Waals surface area contributed by atoms with Gasteiger partial charge in [-0.3, -0.25) is 0 Å². The molecular formula is C25H33NO4. The van der Waals surface area contributed by atoms with E-state index in [1.165, 1.54) is 22.3 Å². The van der Waals surface area contributed by atoms with Crippen molar-refractivity contribution in [2.45, 2.75) is 45.8 Å². The minimum Gasteiger partial charge on any atom is -0.448 e. The van der Waals surface area contributed by atoms with Gasteiger partial charge in [-0.2, -0.15) is 0 Å². The van der Waals surface area contributed by atoms with Crippen molar-refractivity contribution in [1.29, 1.82) is 0 Å². The summed E-state index contributed by atoms with van der Waals surface area (Å²) in [4.78, 5) is 14.5. The molecule has 0 saturated carbocycles. The van der Waals surface area contributed by atoms with Crippen molar-refractivity contribution in [1.82, 2.24) is 4.90 Å². The van der Waals surface area contributed by atoms with E-state index < -0.39 is 5.79 Å². The number of nitrogens with zero attached hydrogens (tertiary/aromatic N) is 1. The molecule has 0 spiro atoms. The van der Waals surface area contributed by atoms with Crippen molar-refractivity contribution >= 4 is 6.09 Å². The second-order valence-corrected chi connectivity index (χ2v) is 7.63. The van der Waals surface area contributed by atoms with Crippen molar-refractivity contribution in [2.24, 2.45) is 0 Å². The van der Waals surface area contributed by atoms with Crippen molar-refractivity contribution < 1.29 is 19.0 Å². The zero-order valence-electron chi connectivity index (χ0n) is 18.5. The van der Waals surface area contributed by atoms with E-state index in [4.69, 9.17) is 14.2 Å². The highest BCUT2D eigenvalue weighted by atomic mass is 16.7. The molecule has 0 fully saturated rings. The first-order valence-corrected chi connectivity index (χ1v) is 10.9. The SMILES string of the molecule is CCOC(C)(CCN(CC)C(=O)OCC1c2ccccc2-c2ccccc21)OCC. The number of rotatable bonds is 10. The van der Waals surface area contributed by atoms with Crippen LogP contribution in [-0.2, 0) is 14.2 Å². The average molecular weight is 412 g/mol. The molecule has 2 aromatic rings. The van der Waals surface area contributed by atoms with Gasteiger partial charge >= 0.3 is 6.09 Å². The first kappa shape index (κ1) is 22.3. The number of amides is 1. The Hall–Kier alpha value is -2.37. The molecule has 0 atom stereocenters. The number of hydrogen-bond acceptors (Lipinski definition) is 4. The molecule has 0 N–H and O–H groups in total. The third-order valence-corrected chi connectivity index (χ3v) is 5.71. The van der Waals surface area contributed by atoms with Crippen LogP contribution >= 0.6 is 0 Å². The molecule has 2 aromatic carbocycles. The van der Waals surface area contributed by atoms with Gasteiger partial charge in [-0.1, -0.05) is 48.5 Å². The number of hydrogen-bond donors (Lipinski definition) is 0. The summed E-state index contributed by atoms with van der Waals surface area (Å²) in [5, 5.41) is 0. The van der Waals surface area contributed by atoms with E-state index in [0.717, 1.165) is 0 Å². The monoisotopic (exact) mass is 411 g/mol. The van der Waals surface area contributed by atoms with Crippen LogP contribution in [0.3, 0.4) is 0 Å². The lowest BCUT2D eigenvalue weighted by Gasteiger charge is -2.31. The fraction of sp³-hybridized carbons (Fsp3) is 0.480. The largest absolute Gasteiger partial charge is 0.448 e. The molecule has 30 heavy (non-hydrogen) atoms. The molecule has 3 rings (SSSR count). The standard InChI is InChI=1S/C25H33NO4/c1-5-26(17-16-25(4,29-6-2)30-7-3)24(27)28-18-23-21-14-10-8-12-19(21)20-13-9-11-15-22(20)23/h8-15,23H,5-7,16-18H2,1-4H3. The van der Waals surface area contributed by atoms with Gasteiger partial charge in [-0.05, 0) is 49.9 Å². The van der Waals surface area contributed by atoms with Crippen LogP contribution in [-0.4, -0.2) is 49.7 Å². The Kier molecular flexibility index (Phi) is 7.51. The van der Waals surface area contributed by atoms with Gasteiger partial charge in [0.05, 0.1) is 0 Å².